The van der Waals surface area contributed by atoms with Gasteiger partial charge in [-0.05, 0) is 30.2 Å². The van der Waals surface area contributed by atoms with Crippen LogP contribution in [0.1, 0.15) is 18.4 Å². The molecule has 25 heavy (non-hydrogen) atoms. The van der Waals surface area contributed by atoms with Gasteiger partial charge in [0, 0.05) is 31.3 Å². The molecule has 1 aromatic carbocycles. The third-order valence-electron chi connectivity index (χ3n) is 3.98. The van der Waals surface area contributed by atoms with Gasteiger partial charge in [-0.3, -0.25) is 4.79 Å². The van der Waals surface area contributed by atoms with Gasteiger partial charge in [-0.15, -0.1) is 0 Å². The number of methoxy groups -OCH3 is 1. The highest BCUT2D eigenvalue weighted by molar-refractivity contribution is 5.95. The molecular weight excluding hydrogens is 320 g/mol. The third kappa shape index (κ3) is 4.26. The molecule has 3 amide bonds. The SMILES string of the molecule is COc1ccc(NC(=O)NCc2ccc(N3CCCC3=O)cc2)cn1. The average molecular weight is 340 g/mol. The van der Waals surface area contributed by atoms with E-state index in [0.29, 0.717) is 24.5 Å². The van der Waals surface area contributed by atoms with Gasteiger partial charge in [0.1, 0.15) is 0 Å². The Morgan fingerprint density at radius 2 is 2.04 bits per heavy atom. The predicted molar refractivity (Wildman–Crippen MR) is 94.7 cm³/mol. The summed E-state index contributed by atoms with van der Waals surface area (Å²) in [5.41, 5.74) is 2.44. The number of hydrogen-bond acceptors (Lipinski definition) is 4. The zero-order chi connectivity index (χ0) is 17.6. The Morgan fingerprint density at radius 3 is 2.64 bits per heavy atom. The Hall–Kier alpha value is -3.09. The maximum absolute atomic E-state index is 11.9. The van der Waals surface area contributed by atoms with Gasteiger partial charge in [0.25, 0.3) is 0 Å². The Bertz CT molecular complexity index is 744. The van der Waals surface area contributed by atoms with E-state index in [9.17, 15) is 9.59 Å². The van der Waals surface area contributed by atoms with Crippen molar-refractivity contribution in [3.05, 3.63) is 48.2 Å². The number of benzene rings is 1. The number of rotatable bonds is 5. The van der Waals surface area contributed by atoms with Gasteiger partial charge in [0.05, 0.1) is 19.0 Å². The molecule has 0 saturated carbocycles. The minimum absolute atomic E-state index is 0.165. The van der Waals surface area contributed by atoms with Gasteiger partial charge in [0.15, 0.2) is 0 Å². The molecule has 0 bridgehead atoms. The second kappa shape index (κ2) is 7.65. The monoisotopic (exact) mass is 340 g/mol. The van der Waals surface area contributed by atoms with E-state index in [1.807, 2.05) is 24.3 Å². The van der Waals surface area contributed by atoms with Crippen LogP contribution in [0.15, 0.2) is 42.6 Å². The largest absolute Gasteiger partial charge is 0.481 e. The van der Waals surface area contributed by atoms with E-state index in [1.165, 1.54) is 13.3 Å². The second-order valence-electron chi connectivity index (χ2n) is 5.71. The van der Waals surface area contributed by atoms with Crippen molar-refractivity contribution in [3.8, 4) is 5.88 Å². The van der Waals surface area contributed by atoms with Crippen molar-refractivity contribution in [3.63, 3.8) is 0 Å². The van der Waals surface area contributed by atoms with E-state index >= 15 is 0 Å². The maximum atomic E-state index is 11.9. The van der Waals surface area contributed by atoms with Crippen molar-refractivity contribution in [2.24, 2.45) is 0 Å². The topological polar surface area (TPSA) is 83.6 Å². The number of hydrogen-bond donors (Lipinski definition) is 2. The Morgan fingerprint density at radius 1 is 1.24 bits per heavy atom. The first-order chi connectivity index (χ1) is 12.2. The van der Waals surface area contributed by atoms with Crippen LogP contribution in [-0.2, 0) is 11.3 Å². The van der Waals surface area contributed by atoms with Crippen molar-refractivity contribution in [1.82, 2.24) is 10.3 Å². The summed E-state index contributed by atoms with van der Waals surface area (Å²) in [5.74, 6) is 0.654. The predicted octanol–water partition coefficient (Wildman–Crippen LogP) is 2.54. The van der Waals surface area contributed by atoms with Gasteiger partial charge in [-0.2, -0.15) is 0 Å². The molecule has 0 unspecified atom stereocenters. The smallest absolute Gasteiger partial charge is 0.319 e. The molecule has 130 valence electrons. The highest BCUT2D eigenvalue weighted by atomic mass is 16.5. The molecule has 2 heterocycles. The minimum Gasteiger partial charge on any atom is -0.481 e. The number of pyridine rings is 1. The summed E-state index contributed by atoms with van der Waals surface area (Å²) < 4.78 is 4.97. The van der Waals surface area contributed by atoms with Crippen LogP contribution in [0.25, 0.3) is 0 Å². The standard InChI is InChI=1S/C18H20N4O3/c1-25-16-9-6-14(12-19-16)21-18(24)20-11-13-4-7-15(8-5-13)22-10-2-3-17(22)23/h4-9,12H,2-3,10-11H2,1H3,(H2,20,21,24). The molecule has 2 N–H and O–H groups in total. The number of amides is 3. The summed E-state index contributed by atoms with van der Waals surface area (Å²) in [6.45, 7) is 1.17. The van der Waals surface area contributed by atoms with Crippen LogP contribution in [0.3, 0.4) is 0 Å². The van der Waals surface area contributed by atoms with Crippen molar-refractivity contribution in [1.29, 1.82) is 0 Å². The van der Waals surface area contributed by atoms with E-state index < -0.39 is 0 Å². The first-order valence-electron chi connectivity index (χ1n) is 8.10. The highest BCUT2D eigenvalue weighted by Crippen LogP contribution is 2.21. The summed E-state index contributed by atoms with van der Waals surface area (Å²) in [7, 11) is 1.53. The van der Waals surface area contributed by atoms with Crippen LogP contribution in [0.4, 0.5) is 16.2 Å². The second-order valence-corrected chi connectivity index (χ2v) is 5.71. The quantitative estimate of drug-likeness (QED) is 0.876. The summed E-state index contributed by atoms with van der Waals surface area (Å²) in [6.07, 6.45) is 3.05. The maximum Gasteiger partial charge on any atom is 0.319 e. The van der Waals surface area contributed by atoms with Crippen LogP contribution in [0.2, 0.25) is 0 Å². The number of nitrogens with one attached hydrogen (secondary N) is 2. The van der Waals surface area contributed by atoms with Crippen LogP contribution in [0, 0.1) is 0 Å². The van der Waals surface area contributed by atoms with E-state index in [2.05, 4.69) is 15.6 Å². The molecule has 1 aromatic heterocycles. The fourth-order valence-electron chi connectivity index (χ4n) is 2.65. The average Bonchev–Trinajstić information content (AvgIpc) is 3.07. The van der Waals surface area contributed by atoms with E-state index in [0.717, 1.165) is 24.2 Å². The zero-order valence-electron chi connectivity index (χ0n) is 14.0. The number of carbonyl (C=O) groups excluding carboxylic acids is 2. The molecule has 0 atom stereocenters. The number of urea groups is 1. The van der Waals surface area contributed by atoms with E-state index in [-0.39, 0.29) is 11.9 Å². The fraction of sp³-hybridized carbons (Fsp3) is 0.278. The number of anilines is 2. The number of aromatic nitrogens is 1. The van der Waals surface area contributed by atoms with Crippen LogP contribution < -0.4 is 20.3 Å². The molecular formula is C18H20N4O3. The van der Waals surface area contributed by atoms with E-state index in [4.69, 9.17) is 4.74 Å². The van der Waals surface area contributed by atoms with Gasteiger partial charge in [0.2, 0.25) is 11.8 Å². The molecule has 0 spiro atoms. The third-order valence-corrected chi connectivity index (χ3v) is 3.98. The lowest BCUT2D eigenvalue weighted by molar-refractivity contribution is -0.117. The molecule has 1 saturated heterocycles. The number of carbonyl (C=O) groups is 2. The van der Waals surface area contributed by atoms with Crippen molar-refractivity contribution >= 4 is 23.3 Å². The Balaban J connectivity index is 1.50. The Labute approximate surface area is 146 Å². The lowest BCUT2D eigenvalue weighted by Crippen LogP contribution is -2.28. The van der Waals surface area contributed by atoms with Gasteiger partial charge >= 0.3 is 6.03 Å². The Kier molecular flexibility index (Phi) is 5.13. The molecule has 3 rings (SSSR count). The number of nitrogens with zero attached hydrogens (tertiary/aromatic N) is 2. The summed E-state index contributed by atoms with van der Waals surface area (Å²) in [5, 5.41) is 5.49. The van der Waals surface area contributed by atoms with Crippen LogP contribution in [-0.4, -0.2) is 30.6 Å². The first-order valence-corrected chi connectivity index (χ1v) is 8.10. The molecule has 1 aliphatic rings. The molecule has 2 aromatic rings. The summed E-state index contributed by atoms with van der Waals surface area (Å²) >= 11 is 0. The lowest BCUT2D eigenvalue weighted by Gasteiger charge is -2.16. The molecule has 0 aliphatic carbocycles. The molecule has 7 nitrogen and oxygen atoms in total. The van der Waals surface area contributed by atoms with Gasteiger partial charge < -0.3 is 20.3 Å². The van der Waals surface area contributed by atoms with Crippen LogP contribution in [0.5, 0.6) is 5.88 Å². The van der Waals surface area contributed by atoms with Crippen LogP contribution >= 0.6 is 0 Å². The summed E-state index contributed by atoms with van der Waals surface area (Å²) in [6, 6.07) is 10.7. The molecule has 1 aliphatic heterocycles. The first kappa shape index (κ1) is 16.8. The van der Waals surface area contributed by atoms with Crippen molar-refractivity contribution in [2.45, 2.75) is 19.4 Å². The fourth-order valence-corrected chi connectivity index (χ4v) is 2.65. The lowest BCUT2D eigenvalue weighted by atomic mass is 10.2. The van der Waals surface area contributed by atoms with Gasteiger partial charge in [-0.25, -0.2) is 9.78 Å². The molecule has 1 fully saturated rings. The van der Waals surface area contributed by atoms with Crippen molar-refractivity contribution in [2.75, 3.05) is 23.9 Å². The minimum atomic E-state index is -0.314. The zero-order valence-corrected chi connectivity index (χ0v) is 14.0. The molecule has 0 radical (unpaired) electrons. The normalized spacial score (nSPS) is 13.6. The van der Waals surface area contributed by atoms with Gasteiger partial charge in [-0.1, -0.05) is 12.1 Å². The van der Waals surface area contributed by atoms with E-state index in [1.54, 1.807) is 17.0 Å². The summed E-state index contributed by atoms with van der Waals surface area (Å²) in [4.78, 5) is 29.5. The molecule has 7 heteroatoms. The van der Waals surface area contributed by atoms with Crippen molar-refractivity contribution < 1.29 is 14.3 Å². The highest BCUT2D eigenvalue weighted by Gasteiger charge is 2.21. The number of ether oxygens (including phenoxy) is 1.